The second-order valence-electron chi connectivity index (χ2n) is 7.50. The number of rotatable bonds is 7. The highest BCUT2D eigenvalue weighted by Gasteiger charge is 2.26. The molecule has 1 amide bonds. The first kappa shape index (κ1) is 20.5. The molecule has 30 heavy (non-hydrogen) atoms. The van der Waals surface area contributed by atoms with Gasteiger partial charge in [0.25, 0.3) is 0 Å². The van der Waals surface area contributed by atoms with Crippen molar-refractivity contribution >= 4 is 34.1 Å². The quantitative estimate of drug-likeness (QED) is 0.625. The van der Waals surface area contributed by atoms with E-state index in [9.17, 15) is 4.79 Å². The lowest BCUT2D eigenvalue weighted by Crippen LogP contribution is -2.41. The molecular weight excluding hydrogens is 398 g/mol. The molecule has 3 aromatic rings. The first-order valence-corrected chi connectivity index (χ1v) is 11.4. The van der Waals surface area contributed by atoms with Crippen molar-refractivity contribution in [3.8, 4) is 5.75 Å². The van der Waals surface area contributed by atoms with Crippen LogP contribution in [0.4, 0.5) is 5.95 Å². The third-order valence-electron chi connectivity index (χ3n) is 5.47. The molecule has 1 fully saturated rings. The predicted octanol–water partition coefficient (Wildman–Crippen LogP) is 3.37. The number of anilines is 1. The first-order chi connectivity index (χ1) is 14.6. The van der Waals surface area contributed by atoms with Crippen LogP contribution >= 0.6 is 11.3 Å². The van der Waals surface area contributed by atoms with Gasteiger partial charge >= 0.3 is 0 Å². The van der Waals surface area contributed by atoms with Crippen LogP contribution in [0.3, 0.4) is 0 Å². The van der Waals surface area contributed by atoms with E-state index in [2.05, 4.69) is 15.2 Å². The summed E-state index contributed by atoms with van der Waals surface area (Å²) in [5.74, 6) is 1.77. The summed E-state index contributed by atoms with van der Waals surface area (Å²) >= 11 is 1.58. The number of hydrogen-bond donors (Lipinski definition) is 1. The first-order valence-electron chi connectivity index (χ1n) is 10.4. The number of amides is 1. The van der Waals surface area contributed by atoms with Crippen molar-refractivity contribution in [1.29, 1.82) is 0 Å². The van der Waals surface area contributed by atoms with Crippen molar-refractivity contribution in [3.63, 3.8) is 0 Å². The third-order valence-corrected chi connectivity index (χ3v) is 6.10. The van der Waals surface area contributed by atoms with Gasteiger partial charge in [-0.15, -0.1) is 11.3 Å². The average Bonchev–Trinajstić information content (AvgIpc) is 3.28. The Bertz CT molecular complexity index is 1000. The van der Waals surface area contributed by atoms with E-state index in [1.807, 2.05) is 42.9 Å². The number of ether oxygens (including phenoxy) is 1. The summed E-state index contributed by atoms with van der Waals surface area (Å²) in [5.41, 5.74) is 4.72. The van der Waals surface area contributed by atoms with Gasteiger partial charge < -0.3 is 15.0 Å². The highest BCUT2D eigenvalue weighted by atomic mass is 32.1. The normalized spacial score (nSPS) is 14.8. The van der Waals surface area contributed by atoms with Crippen LogP contribution in [0.15, 0.2) is 29.1 Å². The number of benzene rings is 1. The van der Waals surface area contributed by atoms with Gasteiger partial charge in [-0.05, 0) is 44.9 Å². The fourth-order valence-electron chi connectivity index (χ4n) is 3.80. The van der Waals surface area contributed by atoms with Crippen LogP contribution < -0.4 is 15.0 Å². The van der Waals surface area contributed by atoms with Crippen molar-refractivity contribution in [2.24, 2.45) is 5.92 Å². The topological polar surface area (TPSA) is 80.2 Å². The zero-order chi connectivity index (χ0) is 20.9. The Morgan fingerprint density at radius 3 is 2.87 bits per heavy atom. The summed E-state index contributed by atoms with van der Waals surface area (Å²) < 4.78 is 5.59. The second-order valence-corrected chi connectivity index (χ2v) is 8.22. The van der Waals surface area contributed by atoms with Crippen LogP contribution in [-0.4, -0.2) is 47.1 Å². The molecule has 0 atom stereocenters. The summed E-state index contributed by atoms with van der Waals surface area (Å²) in [6.07, 6.45) is 2.40. The molecule has 0 bridgehead atoms. The van der Waals surface area contributed by atoms with Crippen molar-refractivity contribution in [2.75, 3.05) is 31.1 Å². The standard InChI is InChI=1S/C22H27N5O2S/c1-3-29-18-4-5-20-19(12-18)15(2)25-22(26-20)27-10-7-16(8-11-27)21(28)23-9-6-17-13-30-14-24-17/h4-5,12-14,16H,3,6-11H2,1-2H3,(H,23,28). The Kier molecular flexibility index (Phi) is 6.42. The van der Waals surface area contributed by atoms with Crippen molar-refractivity contribution in [1.82, 2.24) is 20.3 Å². The summed E-state index contributed by atoms with van der Waals surface area (Å²) in [6, 6.07) is 5.94. The Morgan fingerprint density at radius 1 is 1.30 bits per heavy atom. The van der Waals surface area contributed by atoms with Gasteiger partial charge in [-0.25, -0.2) is 15.0 Å². The molecule has 0 aliphatic carbocycles. The van der Waals surface area contributed by atoms with E-state index in [1.54, 1.807) is 11.3 Å². The van der Waals surface area contributed by atoms with Crippen LogP contribution in [0, 0.1) is 12.8 Å². The molecule has 1 N–H and O–H groups in total. The zero-order valence-corrected chi connectivity index (χ0v) is 18.2. The highest BCUT2D eigenvalue weighted by molar-refractivity contribution is 7.07. The molecule has 158 valence electrons. The fraction of sp³-hybridized carbons (Fsp3) is 0.455. The molecule has 4 rings (SSSR count). The number of carbonyl (C=O) groups excluding carboxylic acids is 1. The molecule has 3 heterocycles. The van der Waals surface area contributed by atoms with Crippen molar-refractivity contribution in [3.05, 3.63) is 40.5 Å². The number of piperidine rings is 1. The summed E-state index contributed by atoms with van der Waals surface area (Å²) in [5, 5.41) is 6.09. The van der Waals surface area contributed by atoms with Crippen molar-refractivity contribution in [2.45, 2.75) is 33.1 Å². The van der Waals surface area contributed by atoms with E-state index in [4.69, 9.17) is 14.7 Å². The minimum absolute atomic E-state index is 0.0481. The smallest absolute Gasteiger partial charge is 0.226 e. The number of aryl methyl sites for hydroxylation is 1. The summed E-state index contributed by atoms with van der Waals surface area (Å²) in [7, 11) is 0. The second kappa shape index (κ2) is 9.38. The van der Waals surface area contributed by atoms with Gasteiger partial charge in [0.2, 0.25) is 11.9 Å². The van der Waals surface area contributed by atoms with E-state index in [-0.39, 0.29) is 11.8 Å². The molecule has 1 aromatic carbocycles. The molecule has 1 aliphatic heterocycles. The minimum Gasteiger partial charge on any atom is -0.494 e. The largest absolute Gasteiger partial charge is 0.494 e. The van der Waals surface area contributed by atoms with Gasteiger partial charge in [0.05, 0.1) is 29.0 Å². The van der Waals surface area contributed by atoms with Crippen LogP contribution in [0.1, 0.15) is 31.2 Å². The third kappa shape index (κ3) is 4.70. The van der Waals surface area contributed by atoms with E-state index in [0.29, 0.717) is 13.2 Å². The number of carbonyl (C=O) groups is 1. The molecule has 0 unspecified atom stereocenters. The minimum atomic E-state index is 0.0481. The molecule has 7 nitrogen and oxygen atoms in total. The Morgan fingerprint density at radius 2 is 2.13 bits per heavy atom. The Labute approximate surface area is 180 Å². The van der Waals surface area contributed by atoms with E-state index >= 15 is 0 Å². The number of thiazole rings is 1. The molecule has 1 saturated heterocycles. The molecule has 0 radical (unpaired) electrons. The maximum atomic E-state index is 12.5. The van der Waals surface area contributed by atoms with Gasteiger partial charge in [0, 0.05) is 42.7 Å². The number of nitrogens with one attached hydrogen (secondary N) is 1. The fourth-order valence-corrected chi connectivity index (χ4v) is 4.40. The van der Waals surface area contributed by atoms with E-state index < -0.39 is 0 Å². The number of fused-ring (bicyclic) bond motifs is 1. The van der Waals surface area contributed by atoms with E-state index in [1.165, 1.54) is 0 Å². The average molecular weight is 426 g/mol. The lowest BCUT2D eigenvalue weighted by atomic mass is 9.96. The molecule has 8 heteroatoms. The van der Waals surface area contributed by atoms with Gasteiger partial charge in [0.1, 0.15) is 5.75 Å². The molecule has 1 aliphatic rings. The SMILES string of the molecule is CCOc1ccc2nc(N3CCC(C(=O)NCCc4cscn4)CC3)nc(C)c2c1. The Balaban J connectivity index is 1.34. The van der Waals surface area contributed by atoms with Gasteiger partial charge in [0.15, 0.2) is 0 Å². The van der Waals surface area contributed by atoms with Crippen LogP contribution in [-0.2, 0) is 11.2 Å². The van der Waals surface area contributed by atoms with Crippen LogP contribution in [0.2, 0.25) is 0 Å². The van der Waals surface area contributed by atoms with Crippen LogP contribution in [0.5, 0.6) is 5.75 Å². The van der Waals surface area contributed by atoms with Crippen molar-refractivity contribution < 1.29 is 9.53 Å². The monoisotopic (exact) mass is 425 g/mol. The lowest BCUT2D eigenvalue weighted by Gasteiger charge is -2.31. The number of aromatic nitrogens is 3. The summed E-state index contributed by atoms with van der Waals surface area (Å²) in [4.78, 5) is 28.4. The molecule has 0 saturated carbocycles. The maximum absolute atomic E-state index is 12.5. The molecular formula is C22H27N5O2S. The number of hydrogen-bond acceptors (Lipinski definition) is 7. The highest BCUT2D eigenvalue weighted by Crippen LogP contribution is 2.26. The zero-order valence-electron chi connectivity index (χ0n) is 17.4. The van der Waals surface area contributed by atoms with Gasteiger partial charge in [-0.3, -0.25) is 4.79 Å². The lowest BCUT2D eigenvalue weighted by molar-refractivity contribution is -0.125. The van der Waals surface area contributed by atoms with Crippen LogP contribution in [0.25, 0.3) is 10.9 Å². The Hall–Kier alpha value is -2.74. The van der Waals surface area contributed by atoms with Gasteiger partial charge in [-0.1, -0.05) is 0 Å². The summed E-state index contributed by atoms with van der Waals surface area (Å²) in [6.45, 7) is 6.82. The maximum Gasteiger partial charge on any atom is 0.226 e. The predicted molar refractivity (Wildman–Crippen MR) is 119 cm³/mol. The number of nitrogens with zero attached hydrogens (tertiary/aromatic N) is 4. The molecule has 2 aromatic heterocycles. The van der Waals surface area contributed by atoms with E-state index in [0.717, 1.165) is 66.3 Å². The molecule has 0 spiro atoms. The van der Waals surface area contributed by atoms with Gasteiger partial charge in [-0.2, -0.15) is 0 Å².